The van der Waals surface area contributed by atoms with E-state index in [0.717, 1.165) is 17.7 Å². The Morgan fingerprint density at radius 1 is 1.26 bits per heavy atom. The fourth-order valence-corrected chi connectivity index (χ4v) is 5.18. The first-order chi connectivity index (χ1) is 10.9. The number of hydrogen-bond acceptors (Lipinski definition) is 5. The highest BCUT2D eigenvalue weighted by Gasteiger charge is 2.31. The lowest BCUT2D eigenvalue weighted by Crippen LogP contribution is -2.39. The molecule has 0 bridgehead atoms. The smallest absolute Gasteiger partial charge is 0.323 e. The molecule has 0 aliphatic carbocycles. The molecule has 124 valence electrons. The Hall–Kier alpha value is -1.58. The molecule has 23 heavy (non-hydrogen) atoms. The average Bonchev–Trinajstić information content (AvgIpc) is 3.04. The van der Waals surface area contributed by atoms with Crippen molar-refractivity contribution in [3.8, 4) is 0 Å². The number of anilines is 1. The largest absolute Gasteiger partial charge is 0.480 e. The zero-order valence-electron chi connectivity index (χ0n) is 12.3. The molecule has 1 saturated heterocycles. The number of fused-ring (bicyclic) bond motifs is 1. The number of sulfonamides is 1. The third-order valence-corrected chi connectivity index (χ3v) is 6.81. The van der Waals surface area contributed by atoms with Gasteiger partial charge < -0.3 is 5.11 Å². The van der Waals surface area contributed by atoms with Crippen molar-refractivity contribution in [1.82, 2.24) is 4.31 Å². The van der Waals surface area contributed by atoms with Crippen LogP contribution in [0.25, 0.3) is 0 Å². The fourth-order valence-electron chi connectivity index (χ4n) is 2.73. The van der Waals surface area contributed by atoms with Gasteiger partial charge in [-0.3, -0.25) is 14.5 Å². The number of carbonyl (C=O) groups excluding carboxylic acids is 1. The number of carboxylic acids is 1. The zero-order valence-corrected chi connectivity index (χ0v) is 13.9. The molecule has 0 aromatic heterocycles. The van der Waals surface area contributed by atoms with Crippen molar-refractivity contribution in [2.45, 2.75) is 22.6 Å². The molecule has 1 aromatic rings. The first kappa shape index (κ1) is 16.3. The number of amides is 1. The summed E-state index contributed by atoms with van der Waals surface area (Å²) in [6.45, 7) is 0.511. The lowest BCUT2D eigenvalue weighted by Gasteiger charge is -2.28. The van der Waals surface area contributed by atoms with E-state index in [1.165, 1.54) is 28.2 Å². The predicted molar refractivity (Wildman–Crippen MR) is 85.1 cm³/mol. The third-order valence-electron chi connectivity index (χ3n) is 3.87. The maximum Gasteiger partial charge on any atom is 0.323 e. The Balaban J connectivity index is 2.01. The fraction of sp³-hybridized carbons (Fsp3) is 0.429. The van der Waals surface area contributed by atoms with Gasteiger partial charge in [0.1, 0.15) is 6.54 Å². The van der Waals surface area contributed by atoms with Crippen LogP contribution in [-0.2, 0) is 19.6 Å². The molecule has 0 unspecified atom stereocenters. The van der Waals surface area contributed by atoms with E-state index in [0.29, 0.717) is 23.7 Å². The van der Waals surface area contributed by atoms with Crippen LogP contribution in [0.5, 0.6) is 0 Å². The molecule has 0 spiro atoms. The molecule has 0 radical (unpaired) electrons. The standard InChI is InChI=1S/C14H16N2O5S2/c17-13-9-22-12-4-3-10(7-11(12)16(13)8-14(18)19)23(20,21)15-5-1-2-6-15/h3-4,7H,1-2,5-6,8-9H2,(H,18,19). The molecule has 3 rings (SSSR count). The van der Waals surface area contributed by atoms with Gasteiger partial charge in [0.2, 0.25) is 15.9 Å². The van der Waals surface area contributed by atoms with E-state index in [1.807, 2.05) is 0 Å². The number of aliphatic carboxylic acids is 1. The van der Waals surface area contributed by atoms with E-state index in [1.54, 1.807) is 6.07 Å². The van der Waals surface area contributed by atoms with Crippen LogP contribution in [0, 0.1) is 0 Å². The average molecular weight is 356 g/mol. The first-order valence-corrected chi connectivity index (χ1v) is 9.61. The number of carbonyl (C=O) groups is 2. The quantitative estimate of drug-likeness (QED) is 0.865. The van der Waals surface area contributed by atoms with Crippen LogP contribution in [0.1, 0.15) is 12.8 Å². The first-order valence-electron chi connectivity index (χ1n) is 7.19. The highest BCUT2D eigenvalue weighted by atomic mass is 32.2. The van der Waals surface area contributed by atoms with Crippen LogP contribution < -0.4 is 4.90 Å². The van der Waals surface area contributed by atoms with E-state index in [9.17, 15) is 18.0 Å². The van der Waals surface area contributed by atoms with Gasteiger partial charge in [-0.2, -0.15) is 4.31 Å². The predicted octanol–water partition coefficient (Wildman–Crippen LogP) is 0.994. The highest BCUT2D eigenvalue weighted by molar-refractivity contribution is 8.00. The van der Waals surface area contributed by atoms with E-state index in [4.69, 9.17) is 5.11 Å². The van der Waals surface area contributed by atoms with Crippen LogP contribution in [0.4, 0.5) is 5.69 Å². The normalized spacial score (nSPS) is 19.0. The molecule has 2 aliphatic heterocycles. The van der Waals surface area contributed by atoms with Crippen molar-refractivity contribution in [3.63, 3.8) is 0 Å². The van der Waals surface area contributed by atoms with Crippen LogP contribution >= 0.6 is 11.8 Å². The van der Waals surface area contributed by atoms with Crippen LogP contribution in [0.3, 0.4) is 0 Å². The summed E-state index contributed by atoms with van der Waals surface area (Å²) in [6.07, 6.45) is 1.67. The van der Waals surface area contributed by atoms with Gasteiger partial charge in [0.15, 0.2) is 0 Å². The van der Waals surface area contributed by atoms with Gasteiger partial charge in [0, 0.05) is 18.0 Å². The number of carboxylic acid groups (broad SMARTS) is 1. The number of rotatable bonds is 4. The molecule has 7 nitrogen and oxygen atoms in total. The summed E-state index contributed by atoms with van der Waals surface area (Å²) >= 11 is 1.29. The Bertz CT molecular complexity index is 756. The van der Waals surface area contributed by atoms with E-state index in [2.05, 4.69) is 0 Å². The zero-order chi connectivity index (χ0) is 16.6. The molecule has 0 saturated carbocycles. The SMILES string of the molecule is O=C(O)CN1C(=O)CSc2ccc(S(=O)(=O)N3CCCC3)cc21. The van der Waals surface area contributed by atoms with Gasteiger partial charge >= 0.3 is 5.97 Å². The van der Waals surface area contributed by atoms with Gasteiger partial charge in [-0.15, -0.1) is 11.8 Å². The van der Waals surface area contributed by atoms with E-state index >= 15 is 0 Å². The van der Waals surface area contributed by atoms with Crippen molar-refractivity contribution < 1.29 is 23.1 Å². The van der Waals surface area contributed by atoms with Crippen LogP contribution in [0.2, 0.25) is 0 Å². The summed E-state index contributed by atoms with van der Waals surface area (Å²) in [7, 11) is -3.60. The monoisotopic (exact) mass is 356 g/mol. The Morgan fingerprint density at radius 3 is 2.61 bits per heavy atom. The summed E-state index contributed by atoms with van der Waals surface area (Å²) in [4.78, 5) is 24.9. The van der Waals surface area contributed by atoms with Crippen molar-refractivity contribution >= 4 is 39.3 Å². The highest BCUT2D eigenvalue weighted by Crippen LogP contribution is 2.37. The lowest BCUT2D eigenvalue weighted by atomic mass is 10.2. The molecule has 2 heterocycles. The maximum atomic E-state index is 12.6. The minimum absolute atomic E-state index is 0.101. The molecule has 1 N–H and O–H groups in total. The lowest BCUT2D eigenvalue weighted by molar-refractivity contribution is -0.136. The number of benzene rings is 1. The number of hydrogen-bond donors (Lipinski definition) is 1. The van der Waals surface area contributed by atoms with Gasteiger partial charge in [-0.05, 0) is 31.0 Å². The second kappa shape index (κ2) is 6.14. The molecule has 2 aliphatic rings. The van der Waals surface area contributed by atoms with E-state index < -0.39 is 22.5 Å². The summed E-state index contributed by atoms with van der Waals surface area (Å²) < 4.78 is 26.7. The minimum atomic E-state index is -3.60. The Morgan fingerprint density at radius 2 is 1.96 bits per heavy atom. The van der Waals surface area contributed by atoms with Gasteiger partial charge in [0.05, 0.1) is 16.3 Å². The molecular formula is C14H16N2O5S2. The molecule has 1 aromatic carbocycles. The van der Waals surface area contributed by atoms with Gasteiger partial charge in [-0.25, -0.2) is 8.42 Å². The van der Waals surface area contributed by atoms with Crippen molar-refractivity contribution in [2.24, 2.45) is 0 Å². The number of nitrogens with zero attached hydrogens (tertiary/aromatic N) is 2. The van der Waals surface area contributed by atoms with Crippen LogP contribution in [0.15, 0.2) is 28.0 Å². The summed E-state index contributed by atoms with van der Waals surface area (Å²) in [5, 5.41) is 8.98. The molecule has 9 heteroatoms. The van der Waals surface area contributed by atoms with Gasteiger partial charge in [0.25, 0.3) is 0 Å². The van der Waals surface area contributed by atoms with Crippen molar-refractivity contribution in [1.29, 1.82) is 0 Å². The van der Waals surface area contributed by atoms with Crippen molar-refractivity contribution in [2.75, 3.05) is 30.3 Å². The maximum absolute atomic E-state index is 12.6. The molecular weight excluding hydrogens is 340 g/mol. The summed E-state index contributed by atoms with van der Waals surface area (Å²) in [5.74, 6) is -1.32. The second-order valence-corrected chi connectivity index (χ2v) is 8.36. The topological polar surface area (TPSA) is 95.0 Å². The summed E-state index contributed by atoms with van der Waals surface area (Å²) in [6, 6.07) is 4.58. The van der Waals surface area contributed by atoms with Crippen molar-refractivity contribution in [3.05, 3.63) is 18.2 Å². The minimum Gasteiger partial charge on any atom is -0.480 e. The molecule has 1 fully saturated rings. The second-order valence-electron chi connectivity index (χ2n) is 5.40. The van der Waals surface area contributed by atoms with Crippen LogP contribution in [-0.4, -0.2) is 55.1 Å². The Kier molecular flexibility index (Phi) is 4.35. The number of thioether (sulfide) groups is 1. The molecule has 1 amide bonds. The molecule has 0 atom stereocenters. The summed E-state index contributed by atoms with van der Waals surface area (Å²) in [5.41, 5.74) is 0.355. The third kappa shape index (κ3) is 3.08. The van der Waals surface area contributed by atoms with E-state index in [-0.39, 0.29) is 16.6 Å². The van der Waals surface area contributed by atoms with Gasteiger partial charge in [-0.1, -0.05) is 0 Å². The Labute approximate surface area is 138 Å².